The summed E-state index contributed by atoms with van der Waals surface area (Å²) in [7, 11) is 0. The third-order valence-electron chi connectivity index (χ3n) is 0.907. The first-order chi connectivity index (χ1) is 4.72. The molecule has 10 heavy (non-hydrogen) atoms. The molecule has 0 spiro atoms. The van der Waals surface area contributed by atoms with Gasteiger partial charge in [-0.1, -0.05) is 31.2 Å². The van der Waals surface area contributed by atoms with E-state index < -0.39 is 5.83 Å². The molecule has 0 atom stereocenters. The fourth-order valence-electron chi connectivity index (χ4n) is 0.398. The minimum absolute atomic E-state index is 0.0599. The molecule has 0 unspecified atom stereocenters. The summed E-state index contributed by atoms with van der Waals surface area (Å²) in [6.45, 7) is 5.25. The molecule has 0 bridgehead atoms. The Bertz CT molecular complexity index is 168. The summed E-state index contributed by atoms with van der Waals surface area (Å²) in [5.41, 5.74) is 0. The molecule has 0 amide bonds. The lowest BCUT2D eigenvalue weighted by atomic mass is 10.3. The maximum absolute atomic E-state index is 12.6. The van der Waals surface area contributed by atoms with Gasteiger partial charge in [-0.25, -0.2) is 4.39 Å². The highest BCUT2D eigenvalue weighted by atomic mass is 35.5. The van der Waals surface area contributed by atoms with Gasteiger partial charge in [0, 0.05) is 0 Å². The van der Waals surface area contributed by atoms with Crippen molar-refractivity contribution >= 4 is 11.6 Å². The van der Waals surface area contributed by atoms with Crippen LogP contribution in [0.25, 0.3) is 0 Å². The van der Waals surface area contributed by atoms with Crippen molar-refractivity contribution in [1.29, 1.82) is 0 Å². The van der Waals surface area contributed by atoms with Gasteiger partial charge in [0.2, 0.25) is 0 Å². The minimum Gasteiger partial charge on any atom is -0.205 e. The average Bonchev–Trinajstić information content (AvgIpc) is 1.98. The predicted molar refractivity (Wildman–Crippen MR) is 43.6 cm³/mol. The summed E-state index contributed by atoms with van der Waals surface area (Å²) in [5, 5.41) is 0.0599. The first-order valence-corrected chi connectivity index (χ1v) is 3.44. The third kappa shape index (κ3) is 3.46. The van der Waals surface area contributed by atoms with Gasteiger partial charge in [-0.05, 0) is 18.6 Å². The van der Waals surface area contributed by atoms with Gasteiger partial charge >= 0.3 is 0 Å². The van der Waals surface area contributed by atoms with Gasteiger partial charge in [0.05, 0.1) is 5.03 Å². The first-order valence-electron chi connectivity index (χ1n) is 3.06. The van der Waals surface area contributed by atoms with Crippen LogP contribution >= 0.6 is 11.6 Å². The lowest BCUT2D eigenvalue weighted by Gasteiger charge is -1.87. The quantitative estimate of drug-likeness (QED) is 0.554. The molecule has 0 saturated heterocycles. The maximum Gasteiger partial charge on any atom is 0.141 e. The van der Waals surface area contributed by atoms with E-state index in [9.17, 15) is 4.39 Å². The molecule has 0 aliphatic rings. The number of rotatable bonds is 3. The van der Waals surface area contributed by atoms with Crippen molar-refractivity contribution in [3.63, 3.8) is 0 Å². The van der Waals surface area contributed by atoms with Gasteiger partial charge in [-0.3, -0.25) is 0 Å². The van der Waals surface area contributed by atoms with E-state index in [2.05, 4.69) is 6.58 Å². The van der Waals surface area contributed by atoms with E-state index in [-0.39, 0.29) is 5.03 Å². The molecule has 0 nitrogen and oxygen atoms in total. The average molecular weight is 161 g/mol. The van der Waals surface area contributed by atoms with Gasteiger partial charge in [-0.2, -0.15) is 0 Å². The molecule has 0 N–H and O–H groups in total. The molecule has 56 valence electrons. The second-order valence-corrected chi connectivity index (χ2v) is 2.12. The van der Waals surface area contributed by atoms with Crippen molar-refractivity contribution in [1.82, 2.24) is 0 Å². The smallest absolute Gasteiger partial charge is 0.141 e. The van der Waals surface area contributed by atoms with Gasteiger partial charge in [0.15, 0.2) is 0 Å². The second-order valence-electron chi connectivity index (χ2n) is 1.71. The molecule has 0 radical (unpaired) electrons. The first kappa shape index (κ1) is 9.44. The van der Waals surface area contributed by atoms with Crippen LogP contribution in [-0.4, -0.2) is 0 Å². The molecule has 0 saturated carbocycles. The van der Waals surface area contributed by atoms with Crippen LogP contribution in [0.15, 0.2) is 35.7 Å². The van der Waals surface area contributed by atoms with Crippen LogP contribution in [0.2, 0.25) is 0 Å². The lowest BCUT2D eigenvalue weighted by molar-refractivity contribution is 0.664. The Morgan fingerprint density at radius 2 is 2.30 bits per heavy atom. The zero-order chi connectivity index (χ0) is 7.98. The Morgan fingerprint density at radius 1 is 1.70 bits per heavy atom. The van der Waals surface area contributed by atoms with Crippen LogP contribution in [0.4, 0.5) is 4.39 Å². The summed E-state index contributed by atoms with van der Waals surface area (Å²) in [4.78, 5) is 0. The third-order valence-corrected chi connectivity index (χ3v) is 1.24. The van der Waals surface area contributed by atoms with E-state index >= 15 is 0 Å². The molecule has 0 aliphatic carbocycles. The summed E-state index contributed by atoms with van der Waals surface area (Å²) >= 11 is 5.39. The Kier molecular flexibility index (Phi) is 4.95. The van der Waals surface area contributed by atoms with Crippen LogP contribution in [-0.2, 0) is 0 Å². The van der Waals surface area contributed by atoms with Crippen LogP contribution < -0.4 is 0 Å². The topological polar surface area (TPSA) is 0 Å². The highest BCUT2D eigenvalue weighted by Gasteiger charge is 1.92. The molecular formula is C8H10ClF. The zero-order valence-corrected chi connectivity index (χ0v) is 6.66. The molecule has 0 fully saturated rings. The van der Waals surface area contributed by atoms with E-state index in [4.69, 9.17) is 11.6 Å². The number of hydrogen-bond donors (Lipinski definition) is 0. The normalized spacial score (nSPS) is 13.5. The van der Waals surface area contributed by atoms with E-state index in [1.165, 1.54) is 12.2 Å². The van der Waals surface area contributed by atoms with Gasteiger partial charge < -0.3 is 0 Å². The molecule has 0 aliphatic heterocycles. The van der Waals surface area contributed by atoms with Crippen molar-refractivity contribution in [3.05, 3.63) is 35.7 Å². The molecule has 0 aromatic rings. The fourth-order valence-corrected chi connectivity index (χ4v) is 0.461. The highest BCUT2D eigenvalue weighted by molar-refractivity contribution is 6.31. The van der Waals surface area contributed by atoms with E-state index in [0.29, 0.717) is 0 Å². The van der Waals surface area contributed by atoms with Crippen molar-refractivity contribution in [2.24, 2.45) is 0 Å². The maximum atomic E-state index is 12.6. The number of halogens is 2. The number of hydrogen-bond acceptors (Lipinski definition) is 0. The molecule has 0 rings (SSSR count). The Labute approximate surface area is 65.7 Å². The van der Waals surface area contributed by atoms with Crippen LogP contribution in [0.3, 0.4) is 0 Å². The fraction of sp³-hybridized carbons (Fsp3) is 0.250. The highest BCUT2D eigenvalue weighted by Crippen LogP contribution is 2.12. The van der Waals surface area contributed by atoms with E-state index in [1.54, 1.807) is 6.08 Å². The summed E-state index contributed by atoms with van der Waals surface area (Å²) < 4.78 is 12.6. The van der Waals surface area contributed by atoms with Crippen LogP contribution in [0, 0.1) is 0 Å². The Hall–Kier alpha value is -0.560. The number of allylic oxidation sites excluding steroid dienone is 5. The van der Waals surface area contributed by atoms with Crippen molar-refractivity contribution in [2.45, 2.75) is 13.3 Å². The Morgan fingerprint density at radius 3 is 2.70 bits per heavy atom. The standard InChI is InChI=1S/C8H10ClF/c1-3-5-6-8(10)7(9)4-2/h4-6H,2-3H2,1H3/b6-5+,8-7-. The van der Waals surface area contributed by atoms with Gasteiger partial charge in [0.1, 0.15) is 5.83 Å². The lowest BCUT2D eigenvalue weighted by Crippen LogP contribution is -1.69. The van der Waals surface area contributed by atoms with Gasteiger partial charge in [-0.15, -0.1) is 0 Å². The van der Waals surface area contributed by atoms with Crippen molar-refractivity contribution in [2.75, 3.05) is 0 Å². The second kappa shape index (κ2) is 5.24. The van der Waals surface area contributed by atoms with E-state index in [1.807, 2.05) is 6.92 Å². The largest absolute Gasteiger partial charge is 0.205 e. The molecule has 0 aromatic heterocycles. The SMILES string of the molecule is C=C/C(Cl)=C(F)\C=C\CC. The molecule has 2 heteroatoms. The predicted octanol–water partition coefficient (Wildman–Crippen LogP) is 3.56. The molecule has 0 aromatic carbocycles. The summed E-state index contributed by atoms with van der Waals surface area (Å²) in [6.07, 6.45) is 5.11. The minimum atomic E-state index is -0.432. The van der Waals surface area contributed by atoms with Gasteiger partial charge in [0.25, 0.3) is 0 Å². The van der Waals surface area contributed by atoms with Crippen LogP contribution in [0.5, 0.6) is 0 Å². The monoisotopic (exact) mass is 160 g/mol. The van der Waals surface area contributed by atoms with Crippen molar-refractivity contribution < 1.29 is 4.39 Å². The summed E-state index contributed by atoms with van der Waals surface area (Å²) in [5.74, 6) is -0.432. The van der Waals surface area contributed by atoms with Crippen LogP contribution in [0.1, 0.15) is 13.3 Å². The van der Waals surface area contributed by atoms with E-state index in [0.717, 1.165) is 6.42 Å². The Balaban J connectivity index is 4.17. The molecule has 0 heterocycles. The molecular weight excluding hydrogens is 151 g/mol. The summed E-state index contributed by atoms with van der Waals surface area (Å²) in [6, 6.07) is 0. The van der Waals surface area contributed by atoms with Crippen molar-refractivity contribution in [3.8, 4) is 0 Å². The zero-order valence-electron chi connectivity index (χ0n) is 5.90.